The number of nitrogen functional groups attached to an aromatic ring is 2. The van der Waals surface area contributed by atoms with Gasteiger partial charge in [0.2, 0.25) is 0 Å². The predicted molar refractivity (Wildman–Crippen MR) is 134 cm³/mol. The van der Waals surface area contributed by atoms with E-state index in [0.717, 1.165) is 61.3 Å². The molecule has 34 heavy (non-hydrogen) atoms. The molecule has 2 saturated carbocycles. The van der Waals surface area contributed by atoms with Crippen molar-refractivity contribution in [3.05, 3.63) is 51.8 Å². The summed E-state index contributed by atoms with van der Waals surface area (Å²) in [6, 6.07) is 7.41. The average molecular weight is 500 g/mol. The highest BCUT2D eigenvalue weighted by Crippen LogP contribution is 2.47. The molecule has 6 rings (SSSR count). The van der Waals surface area contributed by atoms with Crippen LogP contribution < -0.4 is 16.4 Å². The summed E-state index contributed by atoms with van der Waals surface area (Å²) in [7, 11) is 0. The zero-order valence-electron chi connectivity index (χ0n) is 18.7. The van der Waals surface area contributed by atoms with Crippen molar-refractivity contribution < 1.29 is 9.26 Å². The molecule has 3 aliphatic rings. The smallest absolute Gasteiger partial charge is 0.146 e. The lowest BCUT2D eigenvalue weighted by Gasteiger charge is -2.21. The topological polar surface area (TPSA) is 103 Å². The van der Waals surface area contributed by atoms with Crippen LogP contribution in [0.15, 0.2) is 35.0 Å². The Kier molecular flexibility index (Phi) is 5.59. The maximum atomic E-state index is 6.48. The summed E-state index contributed by atoms with van der Waals surface area (Å²) in [4.78, 5) is 6.57. The normalized spacial score (nSPS) is 24.1. The molecular formula is C25H27Cl2N5O2. The Balaban J connectivity index is 1.15. The summed E-state index contributed by atoms with van der Waals surface area (Å²) in [6.07, 6.45) is 6.32. The summed E-state index contributed by atoms with van der Waals surface area (Å²) in [5.74, 6) is 2.90. The number of pyridine rings is 1. The minimum absolute atomic E-state index is 0.211. The van der Waals surface area contributed by atoms with Gasteiger partial charge in [-0.05, 0) is 55.7 Å². The Morgan fingerprint density at radius 1 is 1.09 bits per heavy atom. The number of hydrogen-bond acceptors (Lipinski definition) is 7. The molecule has 3 aromatic rings. The Hall–Kier alpha value is -2.48. The zero-order chi connectivity index (χ0) is 23.4. The van der Waals surface area contributed by atoms with Crippen LogP contribution in [0.1, 0.15) is 42.9 Å². The van der Waals surface area contributed by atoms with Crippen LogP contribution in [0.2, 0.25) is 10.0 Å². The molecule has 1 aromatic carbocycles. The molecule has 1 saturated heterocycles. The van der Waals surface area contributed by atoms with Gasteiger partial charge in [-0.1, -0.05) is 34.4 Å². The van der Waals surface area contributed by atoms with E-state index in [0.29, 0.717) is 51.6 Å². The van der Waals surface area contributed by atoms with Gasteiger partial charge in [-0.2, -0.15) is 0 Å². The lowest BCUT2D eigenvalue weighted by Crippen LogP contribution is -2.23. The van der Waals surface area contributed by atoms with Crippen LogP contribution in [0.3, 0.4) is 0 Å². The van der Waals surface area contributed by atoms with Crippen LogP contribution in [-0.4, -0.2) is 29.3 Å². The predicted octanol–water partition coefficient (Wildman–Crippen LogP) is 5.52. The fraction of sp³-hybridized carbons (Fsp3) is 0.440. The van der Waals surface area contributed by atoms with E-state index in [1.807, 2.05) is 30.5 Å². The monoisotopic (exact) mass is 499 g/mol. The van der Waals surface area contributed by atoms with Crippen molar-refractivity contribution in [3.8, 4) is 11.3 Å². The van der Waals surface area contributed by atoms with Gasteiger partial charge < -0.3 is 25.6 Å². The van der Waals surface area contributed by atoms with Crippen LogP contribution in [0.4, 0.5) is 17.2 Å². The average Bonchev–Trinajstić information content (AvgIpc) is 3.27. The molecule has 3 fully saturated rings. The number of nitrogens with two attached hydrogens (primary N) is 2. The van der Waals surface area contributed by atoms with E-state index in [2.05, 4.69) is 15.0 Å². The Morgan fingerprint density at radius 2 is 1.79 bits per heavy atom. The van der Waals surface area contributed by atoms with Gasteiger partial charge in [-0.25, -0.2) is 4.98 Å². The maximum absolute atomic E-state index is 6.48. The first-order valence-electron chi connectivity index (χ1n) is 11.8. The van der Waals surface area contributed by atoms with E-state index in [1.54, 1.807) is 0 Å². The second-order valence-corrected chi connectivity index (χ2v) is 10.6. The third kappa shape index (κ3) is 4.00. The molecule has 3 heterocycles. The number of nitrogens with zero attached hydrogens (tertiary/aromatic N) is 3. The lowest BCUT2D eigenvalue weighted by molar-refractivity contribution is 0.0403. The van der Waals surface area contributed by atoms with Gasteiger partial charge in [0.15, 0.2) is 0 Å². The van der Waals surface area contributed by atoms with Crippen LogP contribution in [0, 0.1) is 11.8 Å². The van der Waals surface area contributed by atoms with Gasteiger partial charge in [0.25, 0.3) is 0 Å². The van der Waals surface area contributed by atoms with Crippen LogP contribution in [0.5, 0.6) is 0 Å². The number of rotatable bonds is 6. The van der Waals surface area contributed by atoms with E-state index in [-0.39, 0.29) is 6.10 Å². The second kappa shape index (κ2) is 8.63. The zero-order valence-corrected chi connectivity index (χ0v) is 20.2. The number of benzene rings is 1. The molecule has 7 nitrogen and oxygen atoms in total. The summed E-state index contributed by atoms with van der Waals surface area (Å²) in [6.45, 7) is 2.42. The Bertz CT molecular complexity index is 1190. The summed E-state index contributed by atoms with van der Waals surface area (Å²) in [5.41, 5.74) is 15.7. The highest BCUT2D eigenvalue weighted by molar-refractivity contribution is 6.39. The molecule has 1 aliphatic heterocycles. The lowest BCUT2D eigenvalue weighted by atomic mass is 10.0. The molecule has 0 radical (unpaired) electrons. The van der Waals surface area contributed by atoms with Crippen molar-refractivity contribution in [2.75, 3.05) is 29.5 Å². The molecule has 2 aliphatic carbocycles. The number of ether oxygens (including phenoxy) is 1. The molecule has 2 aromatic heterocycles. The second-order valence-electron chi connectivity index (χ2n) is 9.74. The minimum atomic E-state index is 0.211. The molecule has 0 spiro atoms. The molecule has 9 heteroatoms. The van der Waals surface area contributed by atoms with Crippen molar-refractivity contribution >= 4 is 40.4 Å². The largest absolute Gasteiger partial charge is 0.396 e. The van der Waals surface area contributed by atoms with E-state index < -0.39 is 0 Å². The number of aromatic nitrogens is 2. The van der Waals surface area contributed by atoms with Crippen molar-refractivity contribution in [3.63, 3.8) is 0 Å². The first-order chi connectivity index (χ1) is 16.5. The number of hydrogen-bond donors (Lipinski definition) is 2. The maximum Gasteiger partial charge on any atom is 0.146 e. The summed E-state index contributed by atoms with van der Waals surface area (Å²) < 4.78 is 12.2. The molecule has 0 bridgehead atoms. The van der Waals surface area contributed by atoms with Gasteiger partial charge in [0.05, 0.1) is 40.3 Å². The number of fused-ring (bicyclic) bond motifs is 1. The van der Waals surface area contributed by atoms with Crippen LogP contribution >= 0.6 is 23.2 Å². The number of anilines is 3. The Labute approximate surface area is 208 Å². The Morgan fingerprint density at radius 3 is 2.44 bits per heavy atom. The fourth-order valence-electron chi connectivity index (χ4n) is 5.49. The van der Waals surface area contributed by atoms with Gasteiger partial charge in [0.1, 0.15) is 17.3 Å². The van der Waals surface area contributed by atoms with E-state index in [9.17, 15) is 0 Å². The quantitative estimate of drug-likeness (QED) is 0.460. The molecule has 0 amide bonds. The van der Waals surface area contributed by atoms with Gasteiger partial charge >= 0.3 is 0 Å². The highest BCUT2D eigenvalue weighted by atomic mass is 35.5. The molecule has 1 unspecified atom stereocenters. The third-order valence-electron chi connectivity index (χ3n) is 7.44. The van der Waals surface area contributed by atoms with Crippen molar-refractivity contribution in [1.29, 1.82) is 0 Å². The van der Waals surface area contributed by atoms with Gasteiger partial charge in [-0.15, -0.1) is 0 Å². The first-order valence-corrected chi connectivity index (χ1v) is 12.5. The molecule has 178 valence electrons. The van der Waals surface area contributed by atoms with Crippen molar-refractivity contribution in [2.45, 2.75) is 44.3 Å². The highest BCUT2D eigenvalue weighted by Gasteiger charge is 2.42. The van der Waals surface area contributed by atoms with Crippen molar-refractivity contribution in [1.82, 2.24) is 10.1 Å². The van der Waals surface area contributed by atoms with Gasteiger partial charge in [-0.3, -0.25) is 0 Å². The summed E-state index contributed by atoms with van der Waals surface area (Å²) >= 11 is 13.0. The molecular weight excluding hydrogens is 473 g/mol. The third-order valence-corrected chi connectivity index (χ3v) is 8.07. The molecule has 3 atom stereocenters. The molecule has 4 N–H and O–H groups in total. The minimum Gasteiger partial charge on any atom is -0.396 e. The van der Waals surface area contributed by atoms with Crippen LogP contribution in [0.25, 0.3) is 11.3 Å². The van der Waals surface area contributed by atoms with Crippen molar-refractivity contribution in [2.24, 2.45) is 11.8 Å². The first kappa shape index (κ1) is 22.0. The van der Waals surface area contributed by atoms with E-state index in [4.69, 9.17) is 43.9 Å². The van der Waals surface area contributed by atoms with Gasteiger partial charge in [0, 0.05) is 30.1 Å². The summed E-state index contributed by atoms with van der Waals surface area (Å²) in [5, 5.41) is 5.51. The SMILES string of the molecule is Nc1cc(N2C[C@H]3CC(OCc4c(-c5c(Cl)cccc5Cl)noc4C4CC4)C[C@H]3C2)cnc1N. The van der Waals surface area contributed by atoms with E-state index in [1.165, 1.54) is 0 Å². The standard InChI is InChI=1S/C25H27Cl2N5O2/c26-19-2-1-3-20(27)22(19)23-18(24(34-31-23)13-4-5-13)12-33-17-6-14-10-32(11-15(14)7-17)16-8-21(28)25(29)30-9-16/h1-3,8-9,13-15,17H,4-7,10-12,28H2,(H2,29,30)/t14-,15+,17?. The van der Waals surface area contributed by atoms with E-state index >= 15 is 0 Å². The fourth-order valence-corrected chi connectivity index (χ4v) is 6.07. The van der Waals surface area contributed by atoms with Crippen LogP contribution in [-0.2, 0) is 11.3 Å². The number of halogens is 2.